The molecule has 0 saturated carbocycles. The van der Waals surface area contributed by atoms with Gasteiger partial charge in [0, 0.05) is 24.0 Å². The Hall–Kier alpha value is -3.26. The van der Waals surface area contributed by atoms with Crippen molar-refractivity contribution in [2.75, 3.05) is 5.32 Å². The number of aromatic nitrogens is 3. The zero-order valence-corrected chi connectivity index (χ0v) is 12.8. The van der Waals surface area contributed by atoms with Crippen LogP contribution < -0.4 is 5.32 Å². The van der Waals surface area contributed by atoms with Gasteiger partial charge in [0.2, 0.25) is 0 Å². The molecule has 0 aliphatic rings. The third-order valence-electron chi connectivity index (χ3n) is 3.18. The molecule has 1 N–H and O–H groups in total. The summed E-state index contributed by atoms with van der Waals surface area (Å²) in [6, 6.07) is 7.24. The highest BCUT2D eigenvalue weighted by Crippen LogP contribution is 2.25. The second kappa shape index (κ2) is 6.47. The molecule has 3 aromatic rings. The fraction of sp³-hybridized carbons (Fsp3) is 0. The number of anilines is 1. The van der Waals surface area contributed by atoms with Gasteiger partial charge in [-0.25, -0.2) is 9.97 Å². The minimum Gasteiger partial charge on any atom is -0.321 e. The molecule has 0 radical (unpaired) electrons. The van der Waals surface area contributed by atoms with Crippen molar-refractivity contribution in [2.24, 2.45) is 0 Å². The van der Waals surface area contributed by atoms with E-state index in [0.29, 0.717) is 11.5 Å². The molecular formula is C15H10ClN5O3. The van der Waals surface area contributed by atoms with E-state index in [-0.39, 0.29) is 16.3 Å². The van der Waals surface area contributed by atoms with Crippen molar-refractivity contribution in [1.82, 2.24) is 14.5 Å². The van der Waals surface area contributed by atoms with Gasteiger partial charge in [-0.1, -0.05) is 11.6 Å². The van der Waals surface area contributed by atoms with Crippen molar-refractivity contribution >= 4 is 28.9 Å². The van der Waals surface area contributed by atoms with E-state index < -0.39 is 10.8 Å². The lowest BCUT2D eigenvalue weighted by Gasteiger charge is -2.07. The summed E-state index contributed by atoms with van der Waals surface area (Å²) in [7, 11) is 0. The summed E-state index contributed by atoms with van der Waals surface area (Å²) in [6.07, 6.45) is 6.46. The van der Waals surface area contributed by atoms with E-state index >= 15 is 0 Å². The van der Waals surface area contributed by atoms with Gasteiger partial charge in [-0.05, 0) is 24.3 Å². The quantitative estimate of drug-likeness (QED) is 0.579. The van der Waals surface area contributed by atoms with Crippen LogP contribution in [0, 0.1) is 10.1 Å². The van der Waals surface area contributed by atoms with Crippen molar-refractivity contribution in [3.05, 3.63) is 76.0 Å². The number of benzene rings is 1. The van der Waals surface area contributed by atoms with E-state index in [1.165, 1.54) is 18.3 Å². The minimum atomic E-state index is -0.638. The zero-order valence-electron chi connectivity index (χ0n) is 12.1. The Bertz CT molecular complexity index is 894. The van der Waals surface area contributed by atoms with E-state index in [1.807, 2.05) is 0 Å². The van der Waals surface area contributed by atoms with Gasteiger partial charge in [-0.2, -0.15) is 0 Å². The number of carbonyl (C=O) groups excluding carboxylic acids is 1. The number of amides is 1. The van der Waals surface area contributed by atoms with Gasteiger partial charge in [0.25, 0.3) is 11.6 Å². The average molecular weight is 344 g/mol. The summed E-state index contributed by atoms with van der Waals surface area (Å²) in [4.78, 5) is 30.6. The normalized spacial score (nSPS) is 10.4. The van der Waals surface area contributed by atoms with Crippen LogP contribution in [0.5, 0.6) is 0 Å². The first-order chi connectivity index (χ1) is 11.5. The summed E-state index contributed by atoms with van der Waals surface area (Å²) in [5, 5.41) is 13.5. The van der Waals surface area contributed by atoms with Crippen LogP contribution in [-0.4, -0.2) is 25.4 Å². The van der Waals surface area contributed by atoms with Crippen LogP contribution in [-0.2, 0) is 0 Å². The lowest BCUT2D eigenvalue weighted by atomic mass is 10.2. The topological polar surface area (TPSA) is 103 Å². The third-order valence-corrected chi connectivity index (χ3v) is 3.50. The number of nitro benzene ring substituents is 1. The van der Waals surface area contributed by atoms with Gasteiger partial charge >= 0.3 is 0 Å². The van der Waals surface area contributed by atoms with Crippen molar-refractivity contribution in [3.63, 3.8) is 0 Å². The minimum absolute atomic E-state index is 0.0251. The van der Waals surface area contributed by atoms with Crippen LogP contribution in [0.1, 0.15) is 10.4 Å². The second-order valence-electron chi connectivity index (χ2n) is 4.75. The molecule has 2 heterocycles. The Balaban J connectivity index is 1.77. The van der Waals surface area contributed by atoms with E-state index in [9.17, 15) is 14.9 Å². The SMILES string of the molecule is O=C(Nc1ccc(-n2ccnc2)nc1)c1ccc(Cl)c([N+](=O)[O-])c1. The number of nitro groups is 1. The van der Waals surface area contributed by atoms with E-state index in [2.05, 4.69) is 15.3 Å². The Morgan fingerprint density at radius 1 is 1.29 bits per heavy atom. The molecule has 3 rings (SSSR count). The molecule has 0 atom stereocenters. The van der Waals surface area contributed by atoms with Crippen molar-refractivity contribution < 1.29 is 9.72 Å². The first kappa shape index (κ1) is 15.6. The molecule has 0 bridgehead atoms. The summed E-state index contributed by atoms with van der Waals surface area (Å²) in [6.45, 7) is 0. The number of nitrogens with zero attached hydrogens (tertiary/aromatic N) is 4. The number of imidazole rings is 1. The zero-order chi connectivity index (χ0) is 17.1. The Morgan fingerprint density at radius 2 is 2.12 bits per heavy atom. The van der Waals surface area contributed by atoms with E-state index in [1.54, 1.807) is 35.4 Å². The molecule has 9 heteroatoms. The first-order valence-electron chi connectivity index (χ1n) is 6.74. The number of hydrogen-bond acceptors (Lipinski definition) is 5. The van der Waals surface area contributed by atoms with E-state index in [0.717, 1.165) is 6.07 Å². The standard InChI is InChI=1S/C15H10ClN5O3/c16-12-3-1-10(7-13(12)21(23)24)15(22)19-11-2-4-14(18-8-11)20-6-5-17-9-20/h1-9H,(H,19,22). The number of nitrogens with one attached hydrogen (secondary N) is 1. The lowest BCUT2D eigenvalue weighted by Crippen LogP contribution is -2.12. The van der Waals surface area contributed by atoms with Crippen LogP contribution in [0.4, 0.5) is 11.4 Å². The van der Waals surface area contributed by atoms with E-state index in [4.69, 9.17) is 11.6 Å². The number of carbonyl (C=O) groups is 1. The first-order valence-corrected chi connectivity index (χ1v) is 7.12. The Kier molecular flexibility index (Phi) is 4.21. The molecule has 120 valence electrons. The second-order valence-corrected chi connectivity index (χ2v) is 5.16. The van der Waals surface area contributed by atoms with Crippen molar-refractivity contribution in [3.8, 4) is 5.82 Å². The largest absolute Gasteiger partial charge is 0.321 e. The van der Waals surface area contributed by atoms with Gasteiger partial charge in [-0.3, -0.25) is 19.5 Å². The smallest absolute Gasteiger partial charge is 0.288 e. The molecule has 0 unspecified atom stereocenters. The number of pyridine rings is 1. The van der Waals surface area contributed by atoms with Crippen LogP contribution in [0.2, 0.25) is 5.02 Å². The molecule has 8 nitrogen and oxygen atoms in total. The van der Waals surface area contributed by atoms with Crippen molar-refractivity contribution in [1.29, 1.82) is 0 Å². The maximum atomic E-state index is 12.2. The van der Waals surface area contributed by atoms with Crippen LogP contribution in [0.15, 0.2) is 55.2 Å². The molecule has 0 spiro atoms. The summed E-state index contributed by atoms with van der Waals surface area (Å²) in [5.74, 6) is 0.152. The van der Waals surface area contributed by atoms with Crippen LogP contribution >= 0.6 is 11.6 Å². The highest BCUT2D eigenvalue weighted by molar-refractivity contribution is 6.32. The average Bonchev–Trinajstić information content (AvgIpc) is 3.10. The van der Waals surface area contributed by atoms with Gasteiger partial charge in [0.1, 0.15) is 17.2 Å². The fourth-order valence-corrected chi connectivity index (χ4v) is 2.19. The molecule has 0 aliphatic carbocycles. The van der Waals surface area contributed by atoms with Crippen LogP contribution in [0.25, 0.3) is 5.82 Å². The third kappa shape index (κ3) is 3.23. The monoisotopic (exact) mass is 343 g/mol. The van der Waals surface area contributed by atoms with Gasteiger partial charge in [0.05, 0.1) is 16.8 Å². The van der Waals surface area contributed by atoms with Gasteiger partial charge in [-0.15, -0.1) is 0 Å². The molecular weight excluding hydrogens is 334 g/mol. The summed E-state index contributed by atoms with van der Waals surface area (Å²) >= 11 is 5.73. The molecule has 1 amide bonds. The molecule has 24 heavy (non-hydrogen) atoms. The predicted octanol–water partition coefficient (Wildman–Crippen LogP) is 3.08. The highest BCUT2D eigenvalue weighted by atomic mass is 35.5. The Morgan fingerprint density at radius 3 is 2.75 bits per heavy atom. The maximum absolute atomic E-state index is 12.2. The number of halogens is 1. The van der Waals surface area contributed by atoms with Gasteiger partial charge < -0.3 is 5.32 Å². The molecule has 0 saturated heterocycles. The molecule has 0 fully saturated rings. The molecule has 0 aliphatic heterocycles. The van der Waals surface area contributed by atoms with Crippen LogP contribution in [0.3, 0.4) is 0 Å². The fourth-order valence-electron chi connectivity index (χ4n) is 2.00. The summed E-state index contributed by atoms with van der Waals surface area (Å²) < 4.78 is 1.72. The molecule has 2 aromatic heterocycles. The Labute approximate surface area is 140 Å². The lowest BCUT2D eigenvalue weighted by molar-refractivity contribution is -0.384. The van der Waals surface area contributed by atoms with Gasteiger partial charge in [0.15, 0.2) is 0 Å². The predicted molar refractivity (Wildman–Crippen MR) is 87.4 cm³/mol. The van der Waals surface area contributed by atoms with Crippen molar-refractivity contribution in [2.45, 2.75) is 0 Å². The maximum Gasteiger partial charge on any atom is 0.288 e. The number of rotatable bonds is 4. The molecule has 1 aromatic carbocycles. The summed E-state index contributed by atoms with van der Waals surface area (Å²) in [5.41, 5.74) is 0.268. The number of hydrogen-bond donors (Lipinski definition) is 1. The highest BCUT2D eigenvalue weighted by Gasteiger charge is 2.16.